The third-order valence-corrected chi connectivity index (χ3v) is 3.81. The van der Waals surface area contributed by atoms with Crippen molar-refractivity contribution in [1.29, 1.82) is 0 Å². The molecule has 1 aromatic carbocycles. The molecule has 0 bridgehead atoms. The van der Waals surface area contributed by atoms with Crippen LogP contribution >= 0.6 is 0 Å². The molecule has 2 N–H and O–H groups in total. The SMILES string of the molecule is CC(=O)NCC1CCN(c2c(F)cccc2CO)CC1. The number of nitrogens with one attached hydrogen (secondary N) is 1. The van der Waals surface area contributed by atoms with Gasteiger partial charge in [0.2, 0.25) is 5.91 Å². The molecule has 1 fully saturated rings. The Bertz CT molecular complexity index is 471. The minimum Gasteiger partial charge on any atom is -0.392 e. The van der Waals surface area contributed by atoms with E-state index in [4.69, 9.17) is 0 Å². The van der Waals surface area contributed by atoms with Crippen LogP contribution in [0, 0.1) is 11.7 Å². The summed E-state index contributed by atoms with van der Waals surface area (Å²) >= 11 is 0. The normalized spacial score (nSPS) is 16.2. The Morgan fingerprint density at radius 1 is 1.45 bits per heavy atom. The van der Waals surface area contributed by atoms with Crippen molar-refractivity contribution in [2.75, 3.05) is 24.5 Å². The van der Waals surface area contributed by atoms with Crippen LogP contribution in [0.3, 0.4) is 0 Å². The van der Waals surface area contributed by atoms with Crippen LogP contribution < -0.4 is 10.2 Å². The van der Waals surface area contributed by atoms with E-state index >= 15 is 0 Å². The number of piperidine rings is 1. The van der Waals surface area contributed by atoms with Crippen LogP contribution in [0.15, 0.2) is 18.2 Å². The maximum absolute atomic E-state index is 14.0. The quantitative estimate of drug-likeness (QED) is 0.882. The van der Waals surface area contributed by atoms with Gasteiger partial charge in [-0.15, -0.1) is 0 Å². The maximum atomic E-state index is 14.0. The molecule has 1 aliphatic rings. The van der Waals surface area contributed by atoms with Crippen molar-refractivity contribution in [2.24, 2.45) is 5.92 Å². The van der Waals surface area contributed by atoms with Crippen LogP contribution in [0.25, 0.3) is 0 Å². The molecule has 0 aliphatic carbocycles. The van der Waals surface area contributed by atoms with Gasteiger partial charge in [-0.05, 0) is 24.8 Å². The molecule has 1 aliphatic heterocycles. The highest BCUT2D eigenvalue weighted by atomic mass is 19.1. The van der Waals surface area contributed by atoms with Crippen molar-refractivity contribution >= 4 is 11.6 Å². The Kier molecular flexibility index (Phi) is 4.95. The molecule has 1 saturated heterocycles. The van der Waals surface area contributed by atoms with Gasteiger partial charge in [-0.25, -0.2) is 4.39 Å². The Morgan fingerprint density at radius 2 is 2.15 bits per heavy atom. The van der Waals surface area contributed by atoms with Crippen LogP contribution in [0.2, 0.25) is 0 Å². The summed E-state index contributed by atoms with van der Waals surface area (Å²) in [7, 11) is 0. The molecule has 0 saturated carbocycles. The number of aliphatic hydroxyl groups excluding tert-OH is 1. The lowest BCUT2D eigenvalue weighted by atomic mass is 9.95. The van der Waals surface area contributed by atoms with Gasteiger partial charge in [0.15, 0.2) is 0 Å². The summed E-state index contributed by atoms with van der Waals surface area (Å²) in [6.45, 7) is 3.55. The Labute approximate surface area is 118 Å². The molecule has 0 unspecified atom stereocenters. The molecule has 2 rings (SSSR count). The monoisotopic (exact) mass is 280 g/mol. The number of rotatable bonds is 4. The second-order valence-corrected chi connectivity index (χ2v) is 5.27. The van der Waals surface area contributed by atoms with Gasteiger partial charge in [-0.2, -0.15) is 0 Å². The second kappa shape index (κ2) is 6.70. The molecule has 0 aromatic heterocycles. The number of carbonyl (C=O) groups is 1. The van der Waals surface area contributed by atoms with E-state index in [-0.39, 0.29) is 18.3 Å². The highest BCUT2D eigenvalue weighted by molar-refractivity contribution is 5.72. The number of hydrogen-bond acceptors (Lipinski definition) is 3. The first-order valence-electron chi connectivity index (χ1n) is 6.99. The molecule has 0 atom stereocenters. The van der Waals surface area contributed by atoms with E-state index in [2.05, 4.69) is 5.32 Å². The van der Waals surface area contributed by atoms with Gasteiger partial charge in [0.1, 0.15) is 5.82 Å². The fraction of sp³-hybridized carbons (Fsp3) is 0.533. The lowest BCUT2D eigenvalue weighted by Crippen LogP contribution is -2.39. The molecule has 1 amide bonds. The van der Waals surface area contributed by atoms with Crippen molar-refractivity contribution in [3.8, 4) is 0 Å². The van der Waals surface area contributed by atoms with Crippen LogP contribution in [-0.2, 0) is 11.4 Å². The molecule has 110 valence electrons. The van der Waals surface area contributed by atoms with Gasteiger partial charge in [0, 0.05) is 32.1 Å². The number of hydrogen-bond donors (Lipinski definition) is 2. The zero-order valence-corrected chi connectivity index (χ0v) is 11.7. The van der Waals surface area contributed by atoms with E-state index in [1.54, 1.807) is 12.1 Å². The first-order valence-corrected chi connectivity index (χ1v) is 6.99. The third-order valence-electron chi connectivity index (χ3n) is 3.81. The molecule has 0 spiro atoms. The van der Waals surface area contributed by atoms with Crippen molar-refractivity contribution in [3.05, 3.63) is 29.6 Å². The second-order valence-electron chi connectivity index (χ2n) is 5.27. The van der Waals surface area contributed by atoms with Crippen LogP contribution in [0.4, 0.5) is 10.1 Å². The third kappa shape index (κ3) is 3.48. The standard InChI is InChI=1S/C15H21FN2O2/c1-11(20)17-9-12-5-7-18(8-6-12)15-13(10-19)3-2-4-14(15)16/h2-4,12,19H,5-10H2,1H3,(H,17,20). The summed E-state index contributed by atoms with van der Waals surface area (Å²) in [6, 6.07) is 4.80. The van der Waals surface area contributed by atoms with Gasteiger partial charge in [-0.3, -0.25) is 4.79 Å². The molecule has 5 heteroatoms. The topological polar surface area (TPSA) is 52.6 Å². The average molecular weight is 280 g/mol. The van der Waals surface area contributed by atoms with Gasteiger partial charge in [-0.1, -0.05) is 12.1 Å². The molecule has 20 heavy (non-hydrogen) atoms. The van der Waals surface area contributed by atoms with Gasteiger partial charge in [0.05, 0.1) is 12.3 Å². The number of amides is 1. The van der Waals surface area contributed by atoms with Gasteiger partial charge in [0.25, 0.3) is 0 Å². The zero-order valence-electron chi connectivity index (χ0n) is 11.7. The number of halogens is 1. The molecular weight excluding hydrogens is 259 g/mol. The van der Waals surface area contributed by atoms with Crippen molar-refractivity contribution in [2.45, 2.75) is 26.4 Å². The first kappa shape index (κ1) is 14.8. The number of benzene rings is 1. The zero-order chi connectivity index (χ0) is 14.5. The van der Waals surface area contributed by atoms with E-state index in [1.165, 1.54) is 13.0 Å². The summed E-state index contributed by atoms with van der Waals surface area (Å²) in [5.74, 6) is 0.153. The molecule has 1 heterocycles. The minimum absolute atomic E-state index is 0.0101. The number of carbonyl (C=O) groups excluding carboxylic acids is 1. The molecular formula is C15H21FN2O2. The van der Waals surface area contributed by atoms with Crippen molar-refractivity contribution in [3.63, 3.8) is 0 Å². The van der Waals surface area contributed by atoms with Crippen LogP contribution in [-0.4, -0.2) is 30.6 Å². The predicted molar refractivity (Wildman–Crippen MR) is 75.9 cm³/mol. The summed E-state index contributed by atoms with van der Waals surface area (Å²) < 4.78 is 14.0. The molecule has 4 nitrogen and oxygen atoms in total. The summed E-state index contributed by atoms with van der Waals surface area (Å²) in [5, 5.41) is 12.2. The fourth-order valence-electron chi connectivity index (χ4n) is 2.69. The fourth-order valence-corrected chi connectivity index (χ4v) is 2.69. The predicted octanol–water partition coefficient (Wildman–Crippen LogP) is 1.67. The highest BCUT2D eigenvalue weighted by Gasteiger charge is 2.23. The number of nitrogens with zero attached hydrogens (tertiary/aromatic N) is 1. The Hall–Kier alpha value is -1.62. The lowest BCUT2D eigenvalue weighted by Gasteiger charge is -2.34. The average Bonchev–Trinajstić information content (AvgIpc) is 2.45. The first-order chi connectivity index (χ1) is 9.61. The summed E-state index contributed by atoms with van der Waals surface area (Å²) in [4.78, 5) is 12.9. The number of anilines is 1. The lowest BCUT2D eigenvalue weighted by molar-refractivity contribution is -0.119. The van der Waals surface area contributed by atoms with E-state index in [9.17, 15) is 14.3 Å². The van der Waals surface area contributed by atoms with Gasteiger partial charge < -0.3 is 15.3 Å². The molecule has 0 radical (unpaired) electrons. The van der Waals surface area contributed by atoms with E-state index in [0.29, 0.717) is 23.7 Å². The van der Waals surface area contributed by atoms with Crippen molar-refractivity contribution < 1.29 is 14.3 Å². The molecule has 1 aromatic rings. The number of aliphatic hydroxyl groups is 1. The summed E-state index contributed by atoms with van der Waals surface area (Å²) in [5.41, 5.74) is 1.15. The Balaban J connectivity index is 1.99. The number of para-hydroxylation sites is 1. The van der Waals surface area contributed by atoms with Gasteiger partial charge >= 0.3 is 0 Å². The van der Waals surface area contributed by atoms with E-state index < -0.39 is 0 Å². The maximum Gasteiger partial charge on any atom is 0.216 e. The largest absolute Gasteiger partial charge is 0.392 e. The highest BCUT2D eigenvalue weighted by Crippen LogP contribution is 2.29. The van der Waals surface area contributed by atoms with E-state index in [0.717, 1.165) is 25.9 Å². The van der Waals surface area contributed by atoms with Crippen LogP contribution in [0.1, 0.15) is 25.3 Å². The summed E-state index contributed by atoms with van der Waals surface area (Å²) in [6.07, 6.45) is 1.83. The van der Waals surface area contributed by atoms with E-state index in [1.807, 2.05) is 4.90 Å². The smallest absolute Gasteiger partial charge is 0.216 e. The minimum atomic E-state index is -0.281. The van der Waals surface area contributed by atoms with Crippen molar-refractivity contribution in [1.82, 2.24) is 5.32 Å². The van der Waals surface area contributed by atoms with Crippen LogP contribution in [0.5, 0.6) is 0 Å². The Morgan fingerprint density at radius 3 is 2.75 bits per heavy atom.